The Kier molecular flexibility index (Phi) is 5.46. The Morgan fingerprint density at radius 1 is 1.32 bits per heavy atom. The molecule has 2 rings (SSSR count). The summed E-state index contributed by atoms with van der Waals surface area (Å²) in [7, 11) is 0. The molecule has 22 heavy (non-hydrogen) atoms. The lowest BCUT2D eigenvalue weighted by molar-refractivity contribution is -0.116. The molecule has 0 radical (unpaired) electrons. The summed E-state index contributed by atoms with van der Waals surface area (Å²) in [5.41, 5.74) is 1.22. The molecule has 2 aromatic rings. The van der Waals surface area contributed by atoms with Crippen LogP contribution in [0.2, 0.25) is 5.02 Å². The second-order valence-corrected chi connectivity index (χ2v) is 5.80. The highest BCUT2D eigenvalue weighted by molar-refractivity contribution is 7.14. The minimum absolute atomic E-state index is 0.0513. The Labute approximate surface area is 138 Å². The van der Waals surface area contributed by atoms with Crippen LogP contribution in [-0.4, -0.2) is 23.2 Å². The van der Waals surface area contributed by atoms with Crippen molar-refractivity contribution in [3.63, 3.8) is 0 Å². The van der Waals surface area contributed by atoms with Crippen molar-refractivity contribution in [2.75, 3.05) is 11.4 Å². The Balaban J connectivity index is 2.10. The fourth-order valence-corrected chi connectivity index (χ4v) is 2.87. The topological polar surface area (TPSA) is 50.3 Å². The van der Waals surface area contributed by atoms with Gasteiger partial charge in [-0.05, 0) is 43.3 Å². The van der Waals surface area contributed by atoms with E-state index < -0.39 is 0 Å². The molecule has 0 saturated heterocycles. The average Bonchev–Trinajstić information content (AvgIpc) is 2.94. The summed E-state index contributed by atoms with van der Waals surface area (Å²) in [5, 5.41) is 3.04. The van der Waals surface area contributed by atoms with Crippen LogP contribution in [0.3, 0.4) is 0 Å². The molecular formula is C16H15ClN2O2S. The fraction of sp³-hybridized carbons (Fsp3) is 0.188. The molecule has 114 valence electrons. The van der Waals surface area contributed by atoms with Crippen LogP contribution in [-0.2, 0) is 4.79 Å². The van der Waals surface area contributed by atoms with E-state index in [0.29, 0.717) is 28.0 Å². The van der Waals surface area contributed by atoms with Gasteiger partial charge in [0.1, 0.15) is 0 Å². The number of thiazole rings is 1. The highest BCUT2D eigenvalue weighted by Gasteiger charge is 2.12. The van der Waals surface area contributed by atoms with Crippen LogP contribution < -0.4 is 4.90 Å². The van der Waals surface area contributed by atoms with Crippen molar-refractivity contribution in [3.8, 4) is 0 Å². The largest absolute Gasteiger partial charge is 0.289 e. The molecule has 0 spiro atoms. The minimum Gasteiger partial charge on any atom is -0.289 e. The van der Waals surface area contributed by atoms with Crippen molar-refractivity contribution in [3.05, 3.63) is 52.0 Å². The molecule has 0 fully saturated rings. The highest BCUT2D eigenvalue weighted by Crippen LogP contribution is 2.21. The molecule has 0 unspecified atom stereocenters. The normalized spacial score (nSPS) is 10.9. The summed E-state index contributed by atoms with van der Waals surface area (Å²) in [6.45, 7) is 3.96. The number of hydrogen-bond acceptors (Lipinski definition) is 4. The molecule has 0 aliphatic rings. The van der Waals surface area contributed by atoms with Gasteiger partial charge in [0.2, 0.25) is 5.91 Å². The van der Waals surface area contributed by atoms with Crippen LogP contribution in [0.15, 0.2) is 35.7 Å². The number of rotatable bonds is 5. The molecule has 1 amide bonds. The molecule has 1 aromatic heterocycles. The maximum atomic E-state index is 12.0. The number of nitrogens with zero attached hydrogens (tertiary/aromatic N) is 2. The van der Waals surface area contributed by atoms with Gasteiger partial charge in [-0.2, -0.15) is 0 Å². The third-order valence-electron chi connectivity index (χ3n) is 2.97. The van der Waals surface area contributed by atoms with Gasteiger partial charge in [0.15, 0.2) is 10.9 Å². The Morgan fingerprint density at radius 3 is 2.59 bits per heavy atom. The van der Waals surface area contributed by atoms with Gasteiger partial charge in [0.05, 0.1) is 5.69 Å². The van der Waals surface area contributed by atoms with Crippen molar-refractivity contribution in [2.24, 2.45) is 0 Å². The Morgan fingerprint density at radius 2 is 2.00 bits per heavy atom. The van der Waals surface area contributed by atoms with Crippen molar-refractivity contribution in [1.82, 2.24) is 4.98 Å². The Hall–Kier alpha value is -1.98. The van der Waals surface area contributed by atoms with Gasteiger partial charge in [-0.3, -0.25) is 14.5 Å². The lowest BCUT2D eigenvalue weighted by atomic mass is 10.1. The molecule has 0 atom stereocenters. The second kappa shape index (κ2) is 7.33. The van der Waals surface area contributed by atoms with E-state index in [1.165, 1.54) is 24.3 Å². The molecule has 0 saturated carbocycles. The predicted molar refractivity (Wildman–Crippen MR) is 90.6 cm³/mol. The molecule has 0 aliphatic heterocycles. The summed E-state index contributed by atoms with van der Waals surface area (Å²) >= 11 is 7.16. The maximum Gasteiger partial charge on any atom is 0.225 e. The molecule has 4 nitrogen and oxygen atoms in total. The van der Waals surface area contributed by atoms with E-state index in [0.717, 1.165) is 0 Å². The van der Waals surface area contributed by atoms with Crippen LogP contribution in [0, 0.1) is 0 Å². The van der Waals surface area contributed by atoms with E-state index in [4.69, 9.17) is 11.6 Å². The molecule has 0 aliphatic carbocycles. The number of amides is 1. The number of hydrogen-bond donors (Lipinski definition) is 0. The number of carbonyl (C=O) groups is 2. The monoisotopic (exact) mass is 334 g/mol. The zero-order valence-electron chi connectivity index (χ0n) is 12.2. The summed E-state index contributed by atoms with van der Waals surface area (Å²) in [5.74, 6) is -0.172. The van der Waals surface area contributed by atoms with Gasteiger partial charge in [0.25, 0.3) is 0 Å². The molecular weight excluding hydrogens is 320 g/mol. The quantitative estimate of drug-likeness (QED) is 0.612. The maximum absolute atomic E-state index is 12.0. The lowest BCUT2D eigenvalue weighted by Crippen LogP contribution is -2.27. The van der Waals surface area contributed by atoms with Gasteiger partial charge < -0.3 is 0 Å². The van der Waals surface area contributed by atoms with Crippen LogP contribution in [0.25, 0.3) is 6.08 Å². The van der Waals surface area contributed by atoms with E-state index in [1.54, 1.807) is 35.2 Å². The van der Waals surface area contributed by atoms with E-state index in [2.05, 4.69) is 4.98 Å². The zero-order valence-corrected chi connectivity index (χ0v) is 13.8. The van der Waals surface area contributed by atoms with E-state index in [1.807, 2.05) is 12.3 Å². The molecule has 6 heteroatoms. The van der Waals surface area contributed by atoms with Crippen molar-refractivity contribution in [1.29, 1.82) is 0 Å². The third kappa shape index (κ3) is 4.02. The lowest BCUT2D eigenvalue weighted by Gasteiger charge is -2.14. The first kappa shape index (κ1) is 16.4. The van der Waals surface area contributed by atoms with Gasteiger partial charge >= 0.3 is 0 Å². The van der Waals surface area contributed by atoms with Crippen LogP contribution >= 0.6 is 22.9 Å². The number of allylic oxidation sites excluding steroid dienone is 1. The second-order valence-electron chi connectivity index (χ2n) is 4.52. The molecule has 0 N–H and O–H groups in total. The number of benzene rings is 1. The number of halogens is 1. The van der Waals surface area contributed by atoms with Crippen molar-refractivity contribution >= 4 is 45.8 Å². The van der Waals surface area contributed by atoms with Crippen LogP contribution in [0.4, 0.5) is 5.13 Å². The van der Waals surface area contributed by atoms with E-state index in [9.17, 15) is 9.59 Å². The first-order valence-corrected chi connectivity index (χ1v) is 7.98. The smallest absolute Gasteiger partial charge is 0.225 e. The van der Waals surface area contributed by atoms with E-state index in [-0.39, 0.29) is 11.7 Å². The number of aromatic nitrogens is 1. The van der Waals surface area contributed by atoms with Crippen LogP contribution in [0.1, 0.15) is 29.9 Å². The van der Waals surface area contributed by atoms with Gasteiger partial charge in [0, 0.05) is 29.4 Å². The van der Waals surface area contributed by atoms with Gasteiger partial charge in [-0.1, -0.05) is 11.6 Å². The van der Waals surface area contributed by atoms with E-state index >= 15 is 0 Å². The predicted octanol–water partition coefficient (Wildman–Crippen LogP) is 4.07. The molecule has 1 aromatic carbocycles. The highest BCUT2D eigenvalue weighted by atomic mass is 35.5. The SMILES string of the molecule is CCN(C(C)=O)c1nc(/C=C/C(=O)c2ccc(Cl)cc2)cs1. The average molecular weight is 335 g/mol. The number of anilines is 1. The Bertz CT molecular complexity index is 707. The number of ketones is 1. The summed E-state index contributed by atoms with van der Waals surface area (Å²) in [6.07, 6.45) is 3.11. The minimum atomic E-state index is -0.120. The summed E-state index contributed by atoms with van der Waals surface area (Å²) < 4.78 is 0. The van der Waals surface area contributed by atoms with Gasteiger partial charge in [-0.15, -0.1) is 11.3 Å². The first-order chi connectivity index (χ1) is 10.5. The first-order valence-electron chi connectivity index (χ1n) is 6.73. The third-order valence-corrected chi connectivity index (χ3v) is 4.11. The number of carbonyl (C=O) groups excluding carboxylic acids is 2. The van der Waals surface area contributed by atoms with Gasteiger partial charge in [-0.25, -0.2) is 4.98 Å². The van der Waals surface area contributed by atoms with Crippen molar-refractivity contribution < 1.29 is 9.59 Å². The zero-order chi connectivity index (χ0) is 16.1. The summed E-state index contributed by atoms with van der Waals surface area (Å²) in [6, 6.07) is 6.71. The fourth-order valence-electron chi connectivity index (χ4n) is 1.84. The van der Waals surface area contributed by atoms with Crippen LogP contribution in [0.5, 0.6) is 0 Å². The molecule has 0 bridgehead atoms. The van der Waals surface area contributed by atoms with Crippen molar-refractivity contribution in [2.45, 2.75) is 13.8 Å². The standard InChI is InChI=1S/C16H15ClN2O2S/c1-3-19(11(2)20)16-18-14(10-22-16)8-9-15(21)12-4-6-13(17)7-5-12/h4-10H,3H2,1-2H3/b9-8+. The molecule has 1 heterocycles. The summed E-state index contributed by atoms with van der Waals surface area (Å²) in [4.78, 5) is 29.4.